The van der Waals surface area contributed by atoms with Crippen LogP contribution in [0.3, 0.4) is 0 Å². The maximum atomic E-state index is 12.9. The van der Waals surface area contributed by atoms with E-state index < -0.39 is 0 Å². The largest absolute Gasteiger partial charge is 0.253 e. The third-order valence-electron chi connectivity index (χ3n) is 2.38. The number of pyridine rings is 1. The lowest BCUT2D eigenvalue weighted by Crippen LogP contribution is -1.90. The third-order valence-corrected chi connectivity index (χ3v) is 2.69. The Bertz CT molecular complexity index is 511. The van der Waals surface area contributed by atoms with Crippen LogP contribution >= 0.6 is 11.6 Å². The Morgan fingerprint density at radius 1 is 1.25 bits per heavy atom. The number of rotatable bonds is 2. The minimum atomic E-state index is -0.333. The first-order valence-electron chi connectivity index (χ1n) is 5.12. The van der Waals surface area contributed by atoms with Crippen LogP contribution in [0.1, 0.15) is 12.6 Å². The van der Waals surface area contributed by atoms with Crippen molar-refractivity contribution in [3.8, 4) is 11.3 Å². The number of aryl methyl sites for hydroxylation is 1. The maximum absolute atomic E-state index is 12.9. The highest BCUT2D eigenvalue weighted by Gasteiger charge is 2.06. The van der Waals surface area contributed by atoms with E-state index in [0.717, 1.165) is 23.4 Å². The average molecular weight is 236 g/mol. The Kier molecular flexibility index (Phi) is 3.20. The van der Waals surface area contributed by atoms with E-state index in [0.29, 0.717) is 5.02 Å². The summed E-state index contributed by atoms with van der Waals surface area (Å²) in [4.78, 5) is 4.45. The second-order valence-corrected chi connectivity index (χ2v) is 3.90. The third kappa shape index (κ3) is 2.22. The van der Waals surface area contributed by atoms with Crippen molar-refractivity contribution in [2.24, 2.45) is 0 Å². The van der Waals surface area contributed by atoms with Gasteiger partial charge >= 0.3 is 0 Å². The number of halogens is 2. The molecule has 0 aliphatic heterocycles. The van der Waals surface area contributed by atoms with Gasteiger partial charge in [-0.2, -0.15) is 0 Å². The molecule has 0 fully saturated rings. The van der Waals surface area contributed by atoms with Crippen LogP contribution in [0.2, 0.25) is 5.02 Å². The monoisotopic (exact) mass is 235 g/mol. The van der Waals surface area contributed by atoms with E-state index in [1.807, 2.05) is 25.1 Å². The minimum Gasteiger partial charge on any atom is -0.253 e. The van der Waals surface area contributed by atoms with Crippen LogP contribution in [-0.2, 0) is 6.42 Å². The van der Waals surface area contributed by atoms with E-state index in [4.69, 9.17) is 11.6 Å². The van der Waals surface area contributed by atoms with Crippen molar-refractivity contribution in [1.82, 2.24) is 4.98 Å². The molecule has 0 spiro atoms. The van der Waals surface area contributed by atoms with E-state index in [1.165, 1.54) is 12.1 Å². The highest BCUT2D eigenvalue weighted by molar-refractivity contribution is 6.33. The average Bonchev–Trinajstić information content (AvgIpc) is 2.29. The van der Waals surface area contributed by atoms with Crippen LogP contribution in [0.25, 0.3) is 11.3 Å². The van der Waals surface area contributed by atoms with E-state index in [9.17, 15) is 4.39 Å². The zero-order chi connectivity index (χ0) is 11.5. The van der Waals surface area contributed by atoms with Gasteiger partial charge in [-0.05, 0) is 36.8 Å². The van der Waals surface area contributed by atoms with E-state index >= 15 is 0 Å². The molecule has 0 saturated heterocycles. The first kappa shape index (κ1) is 11.1. The molecular formula is C13H11ClFN. The summed E-state index contributed by atoms with van der Waals surface area (Å²) in [7, 11) is 0. The van der Waals surface area contributed by atoms with Gasteiger partial charge in [-0.15, -0.1) is 0 Å². The fourth-order valence-electron chi connectivity index (χ4n) is 1.52. The number of benzene rings is 1. The lowest BCUT2D eigenvalue weighted by Gasteiger charge is -2.05. The van der Waals surface area contributed by atoms with Crippen molar-refractivity contribution in [1.29, 1.82) is 0 Å². The van der Waals surface area contributed by atoms with Gasteiger partial charge in [0.1, 0.15) is 5.82 Å². The number of nitrogens with zero attached hydrogens (tertiary/aromatic N) is 1. The van der Waals surface area contributed by atoms with Gasteiger partial charge in [0.25, 0.3) is 0 Å². The number of hydrogen-bond donors (Lipinski definition) is 0. The molecule has 0 unspecified atom stereocenters. The molecule has 2 rings (SSSR count). The van der Waals surface area contributed by atoms with Crippen molar-refractivity contribution >= 4 is 11.6 Å². The molecule has 3 heteroatoms. The Hall–Kier alpha value is -1.41. The maximum Gasteiger partial charge on any atom is 0.124 e. The lowest BCUT2D eigenvalue weighted by atomic mass is 10.1. The molecular weight excluding hydrogens is 225 g/mol. The Labute approximate surface area is 98.9 Å². The summed E-state index contributed by atoms with van der Waals surface area (Å²) < 4.78 is 12.9. The normalized spacial score (nSPS) is 10.4. The summed E-state index contributed by atoms with van der Waals surface area (Å²) in [6, 6.07) is 10.1. The predicted molar refractivity (Wildman–Crippen MR) is 64.0 cm³/mol. The van der Waals surface area contributed by atoms with Crippen molar-refractivity contribution < 1.29 is 4.39 Å². The van der Waals surface area contributed by atoms with Gasteiger partial charge in [0.15, 0.2) is 0 Å². The summed E-state index contributed by atoms with van der Waals surface area (Å²) in [5.74, 6) is -0.333. The minimum absolute atomic E-state index is 0.333. The fourth-order valence-corrected chi connectivity index (χ4v) is 1.79. The summed E-state index contributed by atoms with van der Waals surface area (Å²) in [5, 5.41) is 0.390. The van der Waals surface area contributed by atoms with Crippen LogP contribution in [-0.4, -0.2) is 4.98 Å². The topological polar surface area (TPSA) is 12.9 Å². The molecule has 0 saturated carbocycles. The van der Waals surface area contributed by atoms with Crippen molar-refractivity contribution in [3.63, 3.8) is 0 Å². The van der Waals surface area contributed by atoms with Crippen molar-refractivity contribution in [3.05, 3.63) is 52.9 Å². The first-order chi connectivity index (χ1) is 7.70. The highest BCUT2D eigenvalue weighted by atomic mass is 35.5. The number of aromatic nitrogens is 1. The smallest absolute Gasteiger partial charge is 0.124 e. The van der Waals surface area contributed by atoms with Gasteiger partial charge in [0, 0.05) is 11.3 Å². The second-order valence-electron chi connectivity index (χ2n) is 3.49. The molecule has 0 aliphatic carbocycles. The van der Waals surface area contributed by atoms with Crippen LogP contribution < -0.4 is 0 Å². The molecule has 16 heavy (non-hydrogen) atoms. The molecule has 0 N–H and O–H groups in total. The van der Waals surface area contributed by atoms with Crippen LogP contribution in [0, 0.1) is 5.82 Å². The Morgan fingerprint density at radius 2 is 2.06 bits per heavy atom. The number of hydrogen-bond acceptors (Lipinski definition) is 1. The van der Waals surface area contributed by atoms with Crippen molar-refractivity contribution in [2.45, 2.75) is 13.3 Å². The summed E-state index contributed by atoms with van der Waals surface area (Å²) in [6.45, 7) is 2.04. The molecule has 82 valence electrons. The molecule has 1 aromatic carbocycles. The quantitative estimate of drug-likeness (QED) is 0.764. The standard InChI is InChI=1S/C13H11ClFN/c1-2-10-4-3-5-13(16-10)11-7-6-9(15)8-12(11)14/h3-8H,2H2,1H3. The van der Waals surface area contributed by atoms with Gasteiger partial charge in [-0.25, -0.2) is 4.39 Å². The molecule has 0 radical (unpaired) electrons. The summed E-state index contributed by atoms with van der Waals surface area (Å²) in [6.07, 6.45) is 0.868. The van der Waals surface area contributed by atoms with E-state index in [-0.39, 0.29) is 5.82 Å². The van der Waals surface area contributed by atoms with E-state index in [2.05, 4.69) is 4.98 Å². The second kappa shape index (κ2) is 4.62. The van der Waals surface area contributed by atoms with E-state index in [1.54, 1.807) is 6.07 Å². The predicted octanol–water partition coefficient (Wildman–Crippen LogP) is 4.10. The fraction of sp³-hybridized carbons (Fsp3) is 0.154. The molecule has 0 amide bonds. The van der Waals surface area contributed by atoms with Gasteiger partial charge < -0.3 is 0 Å². The lowest BCUT2D eigenvalue weighted by molar-refractivity contribution is 0.628. The SMILES string of the molecule is CCc1cccc(-c2ccc(F)cc2Cl)n1. The summed E-state index contributed by atoms with van der Waals surface area (Å²) in [5.41, 5.74) is 2.54. The van der Waals surface area contributed by atoms with Crippen LogP contribution in [0.5, 0.6) is 0 Å². The van der Waals surface area contributed by atoms with Crippen molar-refractivity contribution in [2.75, 3.05) is 0 Å². The van der Waals surface area contributed by atoms with Gasteiger partial charge in [0.2, 0.25) is 0 Å². The van der Waals surface area contributed by atoms with Gasteiger partial charge in [-0.3, -0.25) is 4.98 Å². The zero-order valence-corrected chi connectivity index (χ0v) is 9.63. The molecule has 2 aromatic rings. The highest BCUT2D eigenvalue weighted by Crippen LogP contribution is 2.27. The summed E-state index contributed by atoms with van der Waals surface area (Å²) >= 11 is 5.98. The molecule has 0 atom stereocenters. The molecule has 0 aliphatic rings. The van der Waals surface area contributed by atoms with Crippen LogP contribution in [0.4, 0.5) is 4.39 Å². The molecule has 0 bridgehead atoms. The Balaban J connectivity index is 2.49. The van der Waals surface area contributed by atoms with Crippen LogP contribution in [0.15, 0.2) is 36.4 Å². The molecule has 1 nitrogen and oxygen atoms in total. The first-order valence-corrected chi connectivity index (χ1v) is 5.50. The van der Waals surface area contributed by atoms with Gasteiger partial charge in [-0.1, -0.05) is 24.6 Å². The van der Waals surface area contributed by atoms with Gasteiger partial charge in [0.05, 0.1) is 10.7 Å². The Morgan fingerprint density at radius 3 is 2.75 bits per heavy atom. The molecule has 1 heterocycles. The zero-order valence-electron chi connectivity index (χ0n) is 8.87. The molecule has 1 aromatic heterocycles.